The van der Waals surface area contributed by atoms with Gasteiger partial charge in [0.05, 0.1) is 30.2 Å². The van der Waals surface area contributed by atoms with Crippen LogP contribution in [0.1, 0.15) is 44.2 Å². The number of hydrogen-bond donors (Lipinski definition) is 0. The van der Waals surface area contributed by atoms with Gasteiger partial charge in [-0.3, -0.25) is 0 Å². The Bertz CT molecular complexity index is 1180. The fraction of sp³-hybridized carbons (Fsp3) is 0.367. The van der Waals surface area contributed by atoms with Crippen molar-refractivity contribution >= 4 is 45.5 Å². The Labute approximate surface area is 234 Å². The topological polar surface area (TPSA) is 42.0 Å². The molecule has 0 radical (unpaired) electrons. The normalized spacial score (nSPS) is 13.5. The number of ether oxygens (including phenoxy) is 2. The zero-order valence-electron chi connectivity index (χ0n) is 22.6. The van der Waals surface area contributed by atoms with Crippen LogP contribution in [0.2, 0.25) is 0 Å². The zero-order chi connectivity index (χ0) is 27.0. The number of aldehydes is 1. The van der Waals surface area contributed by atoms with Crippen molar-refractivity contribution in [2.45, 2.75) is 50.0 Å². The molecule has 0 spiro atoms. The summed E-state index contributed by atoms with van der Waals surface area (Å²) in [4.78, 5) is 15.7. The molecule has 0 saturated heterocycles. The van der Waals surface area contributed by atoms with Crippen molar-refractivity contribution in [1.82, 2.24) is 0 Å². The molecule has 3 aromatic rings. The van der Waals surface area contributed by atoms with E-state index in [0.29, 0.717) is 0 Å². The van der Waals surface area contributed by atoms with Crippen LogP contribution < -0.4 is 18.7 Å². The monoisotopic (exact) mass is 584 g/mol. The van der Waals surface area contributed by atoms with Gasteiger partial charge in [0.1, 0.15) is 17.8 Å². The second kappa shape index (κ2) is 13.2. The lowest BCUT2D eigenvalue weighted by Crippen LogP contribution is -2.38. The molecule has 0 aliphatic heterocycles. The van der Waals surface area contributed by atoms with E-state index in [4.69, 9.17) is 9.47 Å². The van der Waals surface area contributed by atoms with E-state index in [0.717, 1.165) is 69.9 Å². The molecule has 1 aliphatic rings. The molecular weight excluding hydrogens is 548 g/mol. The highest BCUT2D eigenvalue weighted by atomic mass is 79.9. The summed E-state index contributed by atoms with van der Waals surface area (Å²) in [5.41, 5.74) is 3.89. The van der Waals surface area contributed by atoms with E-state index in [2.05, 4.69) is 56.4 Å². The van der Waals surface area contributed by atoms with Crippen LogP contribution in [0.15, 0.2) is 70.0 Å². The van der Waals surface area contributed by atoms with Crippen molar-refractivity contribution < 1.29 is 14.3 Å². The average molecular weight is 586 g/mol. The highest BCUT2D eigenvalue weighted by Gasteiger charge is 2.41. The molecule has 7 heteroatoms. The van der Waals surface area contributed by atoms with Crippen molar-refractivity contribution in [3.63, 3.8) is 0 Å². The predicted molar refractivity (Wildman–Crippen MR) is 159 cm³/mol. The first kappa shape index (κ1) is 28.9. The minimum Gasteiger partial charge on any atom is -0.497 e. The lowest BCUT2D eigenvalue weighted by Gasteiger charge is -2.41. The van der Waals surface area contributed by atoms with Gasteiger partial charge in [0.2, 0.25) is 0 Å². The number of rotatable bonds is 10. The van der Waals surface area contributed by atoms with Crippen LogP contribution in [0.4, 0.5) is 11.4 Å². The third-order valence-electron chi connectivity index (χ3n) is 6.68. The molecule has 0 atom stereocenters. The molecule has 0 amide bonds. The summed E-state index contributed by atoms with van der Waals surface area (Å²) >= 11 is 5.46. The minimum absolute atomic E-state index is 0.446. The molecule has 4 rings (SSSR count). The molecule has 5 nitrogen and oxygen atoms in total. The number of anilines is 2. The maximum Gasteiger partial charge on any atom is 0.134 e. The van der Waals surface area contributed by atoms with Crippen LogP contribution in [0.5, 0.6) is 11.5 Å². The van der Waals surface area contributed by atoms with E-state index >= 15 is 0 Å². The molecule has 198 valence electrons. The molecule has 1 aliphatic carbocycles. The fourth-order valence-electron chi connectivity index (χ4n) is 4.52. The van der Waals surface area contributed by atoms with Crippen LogP contribution in [0.3, 0.4) is 0 Å². The maximum absolute atomic E-state index is 12.4. The van der Waals surface area contributed by atoms with Crippen LogP contribution in [0, 0.1) is 0 Å². The zero-order valence-corrected chi connectivity index (χ0v) is 25.0. The quantitative estimate of drug-likeness (QED) is 0.178. The number of carbonyl (C=O) groups excluding carboxylic acids is 1. The first-order valence-corrected chi connectivity index (χ1v) is 14.2. The van der Waals surface area contributed by atoms with Gasteiger partial charge in [0.25, 0.3) is 0 Å². The van der Waals surface area contributed by atoms with Gasteiger partial charge < -0.3 is 23.5 Å². The Morgan fingerprint density at radius 1 is 1.00 bits per heavy atom. The summed E-state index contributed by atoms with van der Waals surface area (Å²) in [6.45, 7) is 4.72. The van der Waals surface area contributed by atoms with Crippen molar-refractivity contribution in [2.24, 2.45) is 0 Å². The lowest BCUT2D eigenvalue weighted by atomic mass is 9.65. The smallest absolute Gasteiger partial charge is 0.134 e. The van der Waals surface area contributed by atoms with Crippen molar-refractivity contribution in [3.05, 3.63) is 76.3 Å². The number of hydrogen-bond acceptors (Lipinski definition) is 6. The molecule has 0 aromatic heterocycles. The van der Waals surface area contributed by atoms with E-state index < -0.39 is 5.41 Å². The van der Waals surface area contributed by atoms with Crippen LogP contribution in [-0.4, -0.2) is 34.6 Å². The molecule has 37 heavy (non-hydrogen) atoms. The first-order chi connectivity index (χ1) is 17.9. The average Bonchev–Trinajstić information content (AvgIpc) is 2.90. The van der Waals surface area contributed by atoms with E-state index in [1.807, 2.05) is 57.3 Å². The van der Waals surface area contributed by atoms with E-state index in [1.54, 1.807) is 26.2 Å². The van der Waals surface area contributed by atoms with Crippen LogP contribution in [0.25, 0.3) is 0 Å². The van der Waals surface area contributed by atoms with Crippen LogP contribution in [-0.2, 0) is 16.8 Å². The highest BCUT2D eigenvalue weighted by Crippen LogP contribution is 2.50. The van der Waals surface area contributed by atoms with Gasteiger partial charge in [-0.1, -0.05) is 44.5 Å². The molecule has 0 bridgehead atoms. The predicted octanol–water partition coefficient (Wildman–Crippen LogP) is 7.89. The third-order valence-corrected chi connectivity index (χ3v) is 8.31. The van der Waals surface area contributed by atoms with Crippen molar-refractivity contribution in [2.75, 3.05) is 37.5 Å². The van der Waals surface area contributed by atoms with E-state index in [9.17, 15) is 4.79 Å². The van der Waals surface area contributed by atoms with Gasteiger partial charge in [-0.25, -0.2) is 0 Å². The summed E-state index contributed by atoms with van der Waals surface area (Å²) < 4.78 is 13.9. The maximum atomic E-state index is 12.4. The molecule has 0 unspecified atom stereocenters. The molecule has 1 saturated carbocycles. The second-order valence-electron chi connectivity index (χ2n) is 8.90. The van der Waals surface area contributed by atoms with Gasteiger partial charge in [-0.05, 0) is 88.2 Å². The SMILES string of the molecule is CC.COc1ccc(CN(C)c2c(Br)cc(N(C)Sc3ccccc3OC)cc2C2(C=O)CCC2)cc1. The number of para-hydroxylation sites is 1. The minimum atomic E-state index is -0.446. The van der Waals surface area contributed by atoms with Gasteiger partial charge in [0.15, 0.2) is 0 Å². The Balaban J connectivity index is 0.00000186. The van der Waals surface area contributed by atoms with Gasteiger partial charge >= 0.3 is 0 Å². The third kappa shape index (κ3) is 6.44. The molecule has 0 N–H and O–H groups in total. The van der Waals surface area contributed by atoms with Crippen LogP contribution >= 0.6 is 27.9 Å². The highest BCUT2D eigenvalue weighted by molar-refractivity contribution is 9.10. The summed E-state index contributed by atoms with van der Waals surface area (Å²) in [5, 5.41) is 0. The standard InChI is InChI=1S/C28H31BrN2O3S.C2H6/c1-30(18-20-10-12-22(33-3)13-11-20)27-23(28(19-32)14-7-15-28)16-21(17-24(27)29)31(2)35-26-9-6-5-8-25(26)34-4;1-2/h5-6,8-13,16-17,19H,7,14-15,18H2,1-4H3;1-2H3. The molecule has 3 aromatic carbocycles. The fourth-order valence-corrected chi connectivity index (χ4v) is 6.16. The summed E-state index contributed by atoms with van der Waals surface area (Å²) in [5.74, 6) is 1.68. The molecule has 1 fully saturated rings. The van der Waals surface area contributed by atoms with E-state index in [-0.39, 0.29) is 0 Å². The Morgan fingerprint density at radius 2 is 1.68 bits per heavy atom. The first-order valence-electron chi connectivity index (χ1n) is 12.6. The number of methoxy groups -OCH3 is 2. The number of halogens is 1. The van der Waals surface area contributed by atoms with Gasteiger partial charge in [-0.2, -0.15) is 0 Å². The van der Waals surface area contributed by atoms with E-state index in [1.165, 1.54) is 5.56 Å². The Morgan fingerprint density at radius 3 is 2.24 bits per heavy atom. The van der Waals surface area contributed by atoms with Gasteiger partial charge in [0, 0.05) is 30.8 Å². The molecule has 0 heterocycles. The number of benzene rings is 3. The van der Waals surface area contributed by atoms with Crippen molar-refractivity contribution in [1.29, 1.82) is 0 Å². The summed E-state index contributed by atoms with van der Waals surface area (Å²) in [6, 6.07) is 20.4. The number of nitrogens with zero attached hydrogens (tertiary/aromatic N) is 2. The molecular formula is C30H37BrN2O3S. The van der Waals surface area contributed by atoms with Gasteiger partial charge in [-0.15, -0.1) is 0 Å². The largest absolute Gasteiger partial charge is 0.497 e. The van der Waals surface area contributed by atoms with Crippen molar-refractivity contribution in [3.8, 4) is 11.5 Å². The summed E-state index contributed by atoms with van der Waals surface area (Å²) in [6.07, 6.45) is 3.96. The Kier molecular flexibility index (Phi) is 10.4. The second-order valence-corrected chi connectivity index (χ2v) is 10.9. The summed E-state index contributed by atoms with van der Waals surface area (Å²) in [7, 11) is 7.48. The Hall–Kier alpha value is -2.64. The lowest BCUT2D eigenvalue weighted by molar-refractivity contribution is -0.115. The number of carbonyl (C=O) groups is 1.